The zero-order valence-corrected chi connectivity index (χ0v) is 13.0. The Morgan fingerprint density at radius 3 is 2.57 bits per heavy atom. The molecule has 0 aliphatic rings. The lowest BCUT2D eigenvalue weighted by Gasteiger charge is -2.22. The van der Waals surface area contributed by atoms with E-state index >= 15 is 0 Å². The lowest BCUT2D eigenvalue weighted by Crippen LogP contribution is -2.42. The summed E-state index contributed by atoms with van der Waals surface area (Å²) < 4.78 is 5.11. The molecule has 0 spiro atoms. The van der Waals surface area contributed by atoms with Crippen molar-refractivity contribution in [2.24, 2.45) is 0 Å². The molecule has 0 aliphatic heterocycles. The van der Waals surface area contributed by atoms with Crippen molar-refractivity contribution in [3.63, 3.8) is 0 Å². The number of nitrogens with two attached hydrogens (primary N) is 1. The van der Waals surface area contributed by atoms with Crippen molar-refractivity contribution in [2.75, 3.05) is 25.9 Å². The third-order valence-corrected chi connectivity index (χ3v) is 2.97. The molecule has 0 heterocycles. The number of methoxy groups -OCH3 is 1. The first-order chi connectivity index (χ1) is 9.90. The maximum Gasteiger partial charge on any atom is 0.256 e. The second-order valence-corrected chi connectivity index (χ2v) is 4.96. The summed E-state index contributed by atoms with van der Waals surface area (Å²) in [6.07, 6.45) is 0. The van der Waals surface area contributed by atoms with Crippen LogP contribution in [0.25, 0.3) is 0 Å². The van der Waals surface area contributed by atoms with Gasteiger partial charge in [-0.05, 0) is 32.9 Å². The van der Waals surface area contributed by atoms with E-state index in [1.165, 1.54) is 12.0 Å². The van der Waals surface area contributed by atoms with Gasteiger partial charge in [-0.1, -0.05) is 6.07 Å². The van der Waals surface area contributed by atoms with Crippen LogP contribution in [0.2, 0.25) is 0 Å². The lowest BCUT2D eigenvalue weighted by atomic mass is 10.1. The van der Waals surface area contributed by atoms with Crippen LogP contribution in [0.3, 0.4) is 0 Å². The second kappa shape index (κ2) is 7.52. The fourth-order valence-electron chi connectivity index (χ4n) is 1.95. The van der Waals surface area contributed by atoms with E-state index in [1.54, 1.807) is 18.2 Å². The minimum absolute atomic E-state index is 0.00413. The summed E-state index contributed by atoms with van der Waals surface area (Å²) >= 11 is 0. The average Bonchev–Trinajstić information content (AvgIpc) is 2.43. The fourth-order valence-corrected chi connectivity index (χ4v) is 1.95. The maximum atomic E-state index is 12.5. The second-order valence-electron chi connectivity index (χ2n) is 4.96. The molecule has 116 valence electrons. The van der Waals surface area contributed by atoms with E-state index in [9.17, 15) is 9.59 Å². The molecule has 0 unspecified atom stereocenters. The van der Waals surface area contributed by atoms with Gasteiger partial charge in [-0.25, -0.2) is 0 Å². The molecule has 1 aromatic rings. The first-order valence-electron chi connectivity index (χ1n) is 6.91. The number of hydrogen-bond acceptors (Lipinski definition) is 4. The highest BCUT2D eigenvalue weighted by molar-refractivity contribution is 6.01. The topological polar surface area (TPSA) is 84.7 Å². The van der Waals surface area contributed by atoms with E-state index in [-0.39, 0.29) is 30.1 Å². The predicted molar refractivity (Wildman–Crippen MR) is 82.3 cm³/mol. The highest BCUT2D eigenvalue weighted by Crippen LogP contribution is 2.25. The van der Waals surface area contributed by atoms with Crippen LogP contribution in [-0.2, 0) is 4.79 Å². The number of rotatable bonds is 6. The van der Waals surface area contributed by atoms with E-state index in [4.69, 9.17) is 10.5 Å². The van der Waals surface area contributed by atoms with Gasteiger partial charge in [0.25, 0.3) is 5.91 Å². The Labute approximate surface area is 125 Å². The van der Waals surface area contributed by atoms with Gasteiger partial charge in [0, 0.05) is 12.6 Å². The summed E-state index contributed by atoms with van der Waals surface area (Å²) in [6, 6.07) is 5.05. The SMILES string of the molecule is CCN(CC(=O)NC(C)C)C(=O)c1cccc(OC)c1N. The Morgan fingerprint density at radius 1 is 1.38 bits per heavy atom. The normalized spacial score (nSPS) is 10.3. The van der Waals surface area contributed by atoms with Crippen molar-refractivity contribution in [3.05, 3.63) is 23.8 Å². The van der Waals surface area contributed by atoms with Crippen molar-refractivity contribution >= 4 is 17.5 Å². The molecular weight excluding hydrogens is 270 g/mol. The average molecular weight is 293 g/mol. The minimum Gasteiger partial charge on any atom is -0.495 e. The van der Waals surface area contributed by atoms with E-state index in [0.717, 1.165) is 0 Å². The first kappa shape index (κ1) is 16.8. The van der Waals surface area contributed by atoms with Crippen LogP contribution in [0.4, 0.5) is 5.69 Å². The molecule has 0 fully saturated rings. The molecule has 0 aromatic heterocycles. The third kappa shape index (κ3) is 4.37. The van der Waals surface area contributed by atoms with Gasteiger partial charge in [0.2, 0.25) is 5.91 Å². The zero-order valence-electron chi connectivity index (χ0n) is 13.0. The number of para-hydroxylation sites is 1. The fraction of sp³-hybridized carbons (Fsp3) is 0.467. The summed E-state index contributed by atoms with van der Waals surface area (Å²) in [5, 5.41) is 2.76. The molecule has 3 N–H and O–H groups in total. The smallest absolute Gasteiger partial charge is 0.256 e. The van der Waals surface area contributed by atoms with Crippen LogP contribution in [0.1, 0.15) is 31.1 Å². The molecule has 2 amide bonds. The standard InChI is InChI=1S/C15H23N3O3/c1-5-18(9-13(19)17-10(2)3)15(20)11-7-6-8-12(21-4)14(11)16/h6-8,10H,5,9,16H2,1-4H3,(H,17,19). The van der Waals surface area contributed by atoms with Gasteiger partial charge in [0.1, 0.15) is 5.75 Å². The number of likely N-dealkylation sites (N-methyl/N-ethyl adjacent to an activating group) is 1. The molecule has 6 nitrogen and oxygen atoms in total. The molecule has 0 atom stereocenters. The number of anilines is 1. The Morgan fingerprint density at radius 2 is 2.05 bits per heavy atom. The lowest BCUT2D eigenvalue weighted by molar-refractivity contribution is -0.122. The van der Waals surface area contributed by atoms with Gasteiger partial charge in [-0.15, -0.1) is 0 Å². The van der Waals surface area contributed by atoms with Crippen molar-refractivity contribution < 1.29 is 14.3 Å². The molecule has 21 heavy (non-hydrogen) atoms. The number of ether oxygens (including phenoxy) is 1. The van der Waals surface area contributed by atoms with Crippen LogP contribution >= 0.6 is 0 Å². The molecule has 1 aromatic carbocycles. The Hall–Kier alpha value is -2.24. The van der Waals surface area contributed by atoms with E-state index in [0.29, 0.717) is 17.9 Å². The molecule has 1 rings (SSSR count). The van der Waals surface area contributed by atoms with Crippen molar-refractivity contribution in [1.29, 1.82) is 0 Å². The number of carbonyl (C=O) groups excluding carboxylic acids is 2. The summed E-state index contributed by atoms with van der Waals surface area (Å²) in [4.78, 5) is 25.7. The van der Waals surface area contributed by atoms with E-state index in [1.807, 2.05) is 20.8 Å². The molecule has 0 aliphatic carbocycles. The number of hydrogen-bond donors (Lipinski definition) is 2. The Bertz CT molecular complexity index is 515. The van der Waals surface area contributed by atoms with Crippen LogP contribution in [0, 0.1) is 0 Å². The summed E-state index contributed by atoms with van der Waals surface area (Å²) in [6.45, 7) is 5.98. The summed E-state index contributed by atoms with van der Waals surface area (Å²) in [5.41, 5.74) is 6.55. The first-order valence-corrected chi connectivity index (χ1v) is 6.91. The quantitative estimate of drug-likeness (QED) is 0.773. The van der Waals surface area contributed by atoms with Gasteiger partial charge in [0.15, 0.2) is 0 Å². The van der Waals surface area contributed by atoms with Gasteiger partial charge in [0.05, 0.1) is 24.9 Å². The van der Waals surface area contributed by atoms with Gasteiger partial charge in [-0.3, -0.25) is 9.59 Å². The predicted octanol–water partition coefficient (Wildman–Crippen LogP) is 1.26. The molecule has 0 saturated heterocycles. The summed E-state index contributed by atoms with van der Waals surface area (Å²) in [5.74, 6) is -0.0296. The number of nitrogens with one attached hydrogen (secondary N) is 1. The maximum absolute atomic E-state index is 12.5. The number of amides is 2. The number of benzene rings is 1. The number of nitrogen functional groups attached to an aromatic ring is 1. The molecular formula is C15H23N3O3. The van der Waals surface area contributed by atoms with Crippen LogP contribution < -0.4 is 15.8 Å². The van der Waals surface area contributed by atoms with E-state index in [2.05, 4.69) is 5.32 Å². The van der Waals surface area contributed by atoms with Gasteiger partial charge in [-0.2, -0.15) is 0 Å². The largest absolute Gasteiger partial charge is 0.495 e. The van der Waals surface area contributed by atoms with Crippen LogP contribution in [-0.4, -0.2) is 43.0 Å². The van der Waals surface area contributed by atoms with Crippen molar-refractivity contribution in [1.82, 2.24) is 10.2 Å². The monoisotopic (exact) mass is 293 g/mol. The Kier molecular flexibility index (Phi) is 6.02. The minimum atomic E-state index is -0.284. The Balaban J connectivity index is 2.91. The molecule has 0 saturated carbocycles. The zero-order chi connectivity index (χ0) is 16.0. The van der Waals surface area contributed by atoms with Gasteiger partial charge >= 0.3 is 0 Å². The molecule has 0 bridgehead atoms. The third-order valence-electron chi connectivity index (χ3n) is 2.97. The van der Waals surface area contributed by atoms with Crippen molar-refractivity contribution in [3.8, 4) is 5.75 Å². The van der Waals surface area contributed by atoms with Gasteiger partial charge < -0.3 is 20.7 Å². The van der Waals surface area contributed by atoms with Crippen LogP contribution in [0.15, 0.2) is 18.2 Å². The van der Waals surface area contributed by atoms with Crippen molar-refractivity contribution in [2.45, 2.75) is 26.8 Å². The van der Waals surface area contributed by atoms with Crippen LogP contribution in [0.5, 0.6) is 5.75 Å². The highest BCUT2D eigenvalue weighted by Gasteiger charge is 2.21. The number of carbonyl (C=O) groups is 2. The number of nitrogens with zero attached hydrogens (tertiary/aromatic N) is 1. The molecule has 6 heteroatoms. The summed E-state index contributed by atoms with van der Waals surface area (Å²) in [7, 11) is 1.49. The highest BCUT2D eigenvalue weighted by atomic mass is 16.5. The van der Waals surface area contributed by atoms with E-state index < -0.39 is 0 Å². The molecule has 0 radical (unpaired) electrons.